The quantitative estimate of drug-likeness (QED) is 0.289. The molecule has 3 aromatic carbocycles. The van der Waals surface area contributed by atoms with Gasteiger partial charge in [-0.3, -0.25) is 9.59 Å². The molecule has 1 heterocycles. The number of ketones is 1. The lowest BCUT2D eigenvalue weighted by Crippen LogP contribution is -2.29. The fraction of sp³-hybridized carbons (Fsp3) is 0.214. The summed E-state index contributed by atoms with van der Waals surface area (Å²) in [6.45, 7) is 2.64. The Labute approximate surface area is 204 Å². The zero-order valence-corrected chi connectivity index (χ0v) is 19.9. The standard InChI is InChI=1S/C28H27NO6/c1-4-35-20-12-10-18(11-13-20)17-29-25(19-8-6-5-7-9-19)24(27(31)28(29)32)26(30)22-16-21(33-2)14-15-23(22)34-3/h5-16,25,30H,4,17H2,1-3H3/b26-24+. The molecule has 35 heavy (non-hydrogen) atoms. The van der Waals surface area contributed by atoms with Gasteiger partial charge in [-0.1, -0.05) is 42.5 Å². The van der Waals surface area contributed by atoms with Crippen molar-refractivity contribution in [1.29, 1.82) is 0 Å². The van der Waals surface area contributed by atoms with Crippen molar-refractivity contribution < 1.29 is 28.9 Å². The minimum absolute atomic E-state index is 0.00121. The molecule has 180 valence electrons. The van der Waals surface area contributed by atoms with Crippen LogP contribution in [-0.2, 0) is 16.1 Å². The number of likely N-dealkylation sites (tertiary alicyclic amines) is 1. The highest BCUT2D eigenvalue weighted by molar-refractivity contribution is 6.46. The maximum Gasteiger partial charge on any atom is 0.295 e. The Morgan fingerprint density at radius 2 is 1.60 bits per heavy atom. The third-order valence-electron chi connectivity index (χ3n) is 5.90. The molecule has 4 rings (SSSR count). The molecule has 1 unspecified atom stereocenters. The van der Waals surface area contributed by atoms with Crippen LogP contribution >= 0.6 is 0 Å². The minimum atomic E-state index is -0.779. The second-order valence-corrected chi connectivity index (χ2v) is 7.98. The molecule has 1 saturated heterocycles. The van der Waals surface area contributed by atoms with Crippen molar-refractivity contribution in [1.82, 2.24) is 4.90 Å². The second-order valence-electron chi connectivity index (χ2n) is 7.98. The summed E-state index contributed by atoms with van der Waals surface area (Å²) >= 11 is 0. The van der Waals surface area contributed by atoms with E-state index in [4.69, 9.17) is 14.2 Å². The van der Waals surface area contributed by atoms with Crippen molar-refractivity contribution in [2.24, 2.45) is 0 Å². The number of ether oxygens (including phenoxy) is 3. The van der Waals surface area contributed by atoms with Gasteiger partial charge >= 0.3 is 0 Å². The second kappa shape index (κ2) is 10.3. The van der Waals surface area contributed by atoms with Gasteiger partial charge < -0.3 is 24.2 Å². The SMILES string of the molecule is CCOc1ccc(CN2C(=O)C(=O)/C(=C(/O)c3cc(OC)ccc3OC)C2c2ccccc2)cc1. The lowest BCUT2D eigenvalue weighted by Gasteiger charge is -2.25. The fourth-order valence-corrected chi connectivity index (χ4v) is 4.22. The van der Waals surface area contributed by atoms with E-state index in [2.05, 4.69) is 0 Å². The van der Waals surface area contributed by atoms with Gasteiger partial charge in [0.2, 0.25) is 0 Å². The van der Waals surface area contributed by atoms with E-state index >= 15 is 0 Å². The average Bonchev–Trinajstić information content (AvgIpc) is 3.14. The van der Waals surface area contributed by atoms with Crippen molar-refractivity contribution >= 4 is 17.4 Å². The van der Waals surface area contributed by atoms with Gasteiger partial charge in [-0.25, -0.2) is 0 Å². The number of aliphatic hydroxyl groups excluding tert-OH is 1. The van der Waals surface area contributed by atoms with Crippen LogP contribution < -0.4 is 14.2 Å². The Kier molecular flexibility index (Phi) is 7.06. The van der Waals surface area contributed by atoms with Gasteiger partial charge in [-0.15, -0.1) is 0 Å². The fourth-order valence-electron chi connectivity index (χ4n) is 4.22. The number of Topliss-reactive ketones (excluding diaryl/α,β-unsaturated/α-hetero) is 1. The van der Waals surface area contributed by atoms with Gasteiger partial charge in [0.05, 0.1) is 38.0 Å². The number of hydrogen-bond acceptors (Lipinski definition) is 6. The van der Waals surface area contributed by atoms with Crippen LogP contribution in [0.25, 0.3) is 5.76 Å². The molecule has 3 aromatic rings. The number of rotatable bonds is 8. The molecule has 0 spiro atoms. The molecule has 1 N–H and O–H groups in total. The summed E-state index contributed by atoms with van der Waals surface area (Å²) in [6, 6.07) is 20.7. The first-order chi connectivity index (χ1) is 17.0. The molecule has 1 atom stereocenters. The summed E-state index contributed by atoms with van der Waals surface area (Å²) in [5.41, 5.74) is 1.81. The molecule has 0 saturated carbocycles. The van der Waals surface area contributed by atoms with Crippen molar-refractivity contribution in [2.75, 3.05) is 20.8 Å². The molecule has 1 fully saturated rings. The predicted molar refractivity (Wildman–Crippen MR) is 131 cm³/mol. The molecule has 1 aliphatic heterocycles. The average molecular weight is 474 g/mol. The third kappa shape index (κ3) is 4.71. The maximum atomic E-state index is 13.3. The number of benzene rings is 3. The van der Waals surface area contributed by atoms with Crippen molar-refractivity contribution in [3.63, 3.8) is 0 Å². The number of carbonyl (C=O) groups excluding carboxylic acids is 2. The van der Waals surface area contributed by atoms with Crippen LogP contribution in [0.4, 0.5) is 0 Å². The molecule has 7 nitrogen and oxygen atoms in total. The molecule has 1 amide bonds. The van der Waals surface area contributed by atoms with Crippen LogP contribution in [0.5, 0.6) is 17.2 Å². The number of hydrogen-bond donors (Lipinski definition) is 1. The van der Waals surface area contributed by atoms with Gasteiger partial charge in [-0.05, 0) is 48.4 Å². The lowest BCUT2D eigenvalue weighted by atomic mass is 9.95. The van der Waals surface area contributed by atoms with E-state index in [0.717, 1.165) is 11.3 Å². The molecule has 0 aromatic heterocycles. The minimum Gasteiger partial charge on any atom is -0.507 e. The van der Waals surface area contributed by atoms with Crippen LogP contribution in [-0.4, -0.2) is 42.5 Å². The van der Waals surface area contributed by atoms with Crippen molar-refractivity contribution in [3.05, 3.63) is 95.1 Å². The van der Waals surface area contributed by atoms with Gasteiger partial charge in [0.15, 0.2) is 0 Å². The van der Waals surface area contributed by atoms with Crippen molar-refractivity contribution in [2.45, 2.75) is 19.5 Å². The molecule has 0 aliphatic carbocycles. The van der Waals surface area contributed by atoms with Crippen LogP contribution in [0.1, 0.15) is 29.7 Å². The molecule has 0 bridgehead atoms. The number of methoxy groups -OCH3 is 2. The highest BCUT2D eigenvalue weighted by Gasteiger charge is 2.46. The highest BCUT2D eigenvalue weighted by atomic mass is 16.5. The van der Waals surface area contributed by atoms with Crippen LogP contribution in [0.2, 0.25) is 0 Å². The van der Waals surface area contributed by atoms with E-state index in [1.54, 1.807) is 18.2 Å². The monoisotopic (exact) mass is 473 g/mol. The van der Waals surface area contributed by atoms with Gasteiger partial charge in [-0.2, -0.15) is 0 Å². The summed E-state index contributed by atoms with van der Waals surface area (Å²) in [4.78, 5) is 28.0. The molecular weight excluding hydrogens is 446 g/mol. The van der Waals surface area contributed by atoms with Gasteiger partial charge in [0.25, 0.3) is 11.7 Å². The van der Waals surface area contributed by atoms with E-state index in [1.807, 2.05) is 61.5 Å². The smallest absolute Gasteiger partial charge is 0.295 e. The number of amides is 1. The molecule has 1 aliphatic rings. The zero-order valence-electron chi connectivity index (χ0n) is 19.9. The normalized spacial score (nSPS) is 16.9. The first-order valence-electron chi connectivity index (χ1n) is 11.3. The summed E-state index contributed by atoms with van der Waals surface area (Å²) in [5, 5.41) is 11.4. The topological polar surface area (TPSA) is 85.3 Å². The van der Waals surface area contributed by atoms with Crippen LogP contribution in [0.15, 0.2) is 78.4 Å². The number of carbonyl (C=O) groups is 2. The van der Waals surface area contributed by atoms with Gasteiger partial charge in [0.1, 0.15) is 23.0 Å². The summed E-state index contributed by atoms with van der Waals surface area (Å²) in [7, 11) is 2.98. The van der Waals surface area contributed by atoms with E-state index < -0.39 is 17.7 Å². The summed E-state index contributed by atoms with van der Waals surface area (Å²) in [6.07, 6.45) is 0. The lowest BCUT2D eigenvalue weighted by molar-refractivity contribution is -0.140. The molecule has 7 heteroatoms. The highest BCUT2D eigenvalue weighted by Crippen LogP contribution is 2.42. The summed E-state index contributed by atoms with van der Waals surface area (Å²) < 4.78 is 16.2. The maximum absolute atomic E-state index is 13.3. The first-order valence-corrected chi connectivity index (χ1v) is 11.3. The van der Waals surface area contributed by atoms with Crippen LogP contribution in [0, 0.1) is 0 Å². The molecule has 0 radical (unpaired) electrons. The largest absolute Gasteiger partial charge is 0.507 e. The van der Waals surface area contributed by atoms with Crippen molar-refractivity contribution in [3.8, 4) is 17.2 Å². The number of nitrogens with zero attached hydrogens (tertiary/aromatic N) is 1. The van der Waals surface area contributed by atoms with E-state index in [9.17, 15) is 14.7 Å². The third-order valence-corrected chi connectivity index (χ3v) is 5.90. The Balaban J connectivity index is 1.83. The zero-order chi connectivity index (χ0) is 24.9. The Bertz CT molecular complexity index is 1250. The Morgan fingerprint density at radius 1 is 0.914 bits per heavy atom. The predicted octanol–water partition coefficient (Wildman–Crippen LogP) is 4.72. The van der Waals surface area contributed by atoms with E-state index in [0.29, 0.717) is 23.7 Å². The number of aliphatic hydroxyl groups is 1. The summed E-state index contributed by atoms with van der Waals surface area (Å²) in [5.74, 6) is -0.200. The Hall–Kier alpha value is -4.26. The van der Waals surface area contributed by atoms with Crippen LogP contribution in [0.3, 0.4) is 0 Å². The van der Waals surface area contributed by atoms with Gasteiger partial charge in [0, 0.05) is 6.54 Å². The van der Waals surface area contributed by atoms with E-state index in [-0.39, 0.29) is 23.4 Å². The molecular formula is C28H27NO6. The van der Waals surface area contributed by atoms with E-state index in [1.165, 1.54) is 19.1 Å². The first kappa shape index (κ1) is 23.9. The Morgan fingerprint density at radius 3 is 2.23 bits per heavy atom.